The molecule has 1 aromatic carbocycles. The average molecular weight is 338 g/mol. The fourth-order valence-electron chi connectivity index (χ4n) is 3.34. The summed E-state index contributed by atoms with van der Waals surface area (Å²) < 4.78 is 5.47. The maximum Gasteiger partial charge on any atom is 0.307 e. The molecule has 124 valence electrons. The molecule has 3 rings (SSSR count). The number of hydrogen-bond donors (Lipinski definition) is 2. The molecule has 2 atom stereocenters. The number of ether oxygens (including phenoxy) is 1. The molecule has 5 nitrogen and oxygen atoms in total. The first-order valence-electron chi connectivity index (χ1n) is 7.87. The van der Waals surface area contributed by atoms with Gasteiger partial charge in [-0.15, -0.1) is 0 Å². The second-order valence-corrected chi connectivity index (χ2v) is 6.78. The molecular weight excluding hydrogens is 318 g/mol. The maximum absolute atomic E-state index is 12.2. The first kappa shape index (κ1) is 16.3. The normalized spacial score (nSPS) is 25.6. The van der Waals surface area contributed by atoms with Gasteiger partial charge in [-0.3, -0.25) is 9.59 Å². The summed E-state index contributed by atoms with van der Waals surface area (Å²) in [6, 6.07) is 7.69. The van der Waals surface area contributed by atoms with Crippen molar-refractivity contribution >= 4 is 23.5 Å². The lowest BCUT2D eigenvalue weighted by Gasteiger charge is -2.38. The van der Waals surface area contributed by atoms with Crippen LogP contribution in [0, 0.1) is 11.8 Å². The summed E-state index contributed by atoms with van der Waals surface area (Å²) in [7, 11) is 0. The first-order chi connectivity index (χ1) is 11.0. The summed E-state index contributed by atoms with van der Waals surface area (Å²) in [4.78, 5) is 23.1. The summed E-state index contributed by atoms with van der Waals surface area (Å²) in [5, 5.41) is 12.6. The largest absolute Gasteiger partial charge is 0.481 e. The molecule has 0 bridgehead atoms. The lowest BCUT2D eigenvalue weighted by molar-refractivity contribution is -0.140. The van der Waals surface area contributed by atoms with Crippen molar-refractivity contribution in [3.05, 3.63) is 34.9 Å². The van der Waals surface area contributed by atoms with Crippen molar-refractivity contribution in [2.75, 3.05) is 19.8 Å². The molecule has 1 amide bonds. The van der Waals surface area contributed by atoms with E-state index >= 15 is 0 Å². The van der Waals surface area contributed by atoms with Crippen molar-refractivity contribution in [2.45, 2.75) is 24.7 Å². The van der Waals surface area contributed by atoms with Crippen molar-refractivity contribution in [2.24, 2.45) is 11.8 Å². The summed E-state index contributed by atoms with van der Waals surface area (Å²) in [6.45, 7) is 1.71. The van der Waals surface area contributed by atoms with Gasteiger partial charge in [-0.2, -0.15) is 0 Å². The number of hydrogen-bond acceptors (Lipinski definition) is 3. The van der Waals surface area contributed by atoms with E-state index in [1.165, 1.54) is 0 Å². The summed E-state index contributed by atoms with van der Waals surface area (Å²) >= 11 is 6.37. The molecule has 1 aromatic rings. The predicted molar refractivity (Wildman–Crippen MR) is 85.4 cm³/mol. The Morgan fingerprint density at radius 3 is 2.57 bits per heavy atom. The van der Waals surface area contributed by atoms with Crippen LogP contribution in [0.5, 0.6) is 0 Å². The van der Waals surface area contributed by atoms with Crippen molar-refractivity contribution in [3.63, 3.8) is 0 Å². The predicted octanol–water partition coefficient (Wildman–Crippen LogP) is 2.23. The van der Waals surface area contributed by atoms with Crippen LogP contribution < -0.4 is 5.32 Å². The Hall–Kier alpha value is -1.59. The van der Waals surface area contributed by atoms with Crippen LogP contribution in [0.15, 0.2) is 24.3 Å². The van der Waals surface area contributed by atoms with Gasteiger partial charge in [0.15, 0.2) is 0 Å². The molecule has 0 aromatic heterocycles. The summed E-state index contributed by atoms with van der Waals surface area (Å²) in [5.74, 6) is -1.98. The average Bonchev–Trinajstić information content (AvgIpc) is 3.35. The minimum absolute atomic E-state index is 0.171. The van der Waals surface area contributed by atoms with Gasteiger partial charge < -0.3 is 15.2 Å². The Balaban J connectivity index is 1.72. The molecule has 1 heterocycles. The minimum atomic E-state index is -0.892. The third-order valence-electron chi connectivity index (χ3n) is 4.94. The van der Waals surface area contributed by atoms with Gasteiger partial charge in [-0.25, -0.2) is 0 Å². The number of rotatable bonds is 5. The van der Waals surface area contributed by atoms with Crippen LogP contribution in [-0.2, 0) is 19.7 Å². The third kappa shape index (κ3) is 3.35. The van der Waals surface area contributed by atoms with E-state index in [2.05, 4.69) is 5.32 Å². The van der Waals surface area contributed by atoms with E-state index in [0.29, 0.717) is 31.2 Å². The molecule has 2 N–H and O–H groups in total. The fraction of sp³-hybridized carbons (Fsp3) is 0.529. The lowest BCUT2D eigenvalue weighted by Crippen LogP contribution is -2.45. The van der Waals surface area contributed by atoms with E-state index < -0.39 is 17.8 Å². The zero-order chi connectivity index (χ0) is 16.4. The van der Waals surface area contributed by atoms with Crippen LogP contribution in [0.4, 0.5) is 0 Å². The van der Waals surface area contributed by atoms with Crippen LogP contribution in [-0.4, -0.2) is 36.7 Å². The highest BCUT2D eigenvalue weighted by molar-refractivity contribution is 6.31. The zero-order valence-electron chi connectivity index (χ0n) is 12.8. The topological polar surface area (TPSA) is 75.6 Å². The molecule has 1 saturated heterocycles. The number of nitrogens with one attached hydrogen (secondary N) is 1. The van der Waals surface area contributed by atoms with Gasteiger partial charge in [0.25, 0.3) is 0 Å². The number of carbonyl (C=O) groups excluding carboxylic acids is 1. The number of carboxylic acid groups (broad SMARTS) is 1. The number of aliphatic carboxylic acids is 1. The Morgan fingerprint density at radius 1 is 1.26 bits per heavy atom. The zero-order valence-corrected chi connectivity index (χ0v) is 13.5. The Kier molecular flexibility index (Phi) is 4.60. The van der Waals surface area contributed by atoms with E-state index in [-0.39, 0.29) is 11.3 Å². The highest BCUT2D eigenvalue weighted by Gasteiger charge is 2.48. The molecular formula is C17H20ClNO4. The molecule has 0 spiro atoms. The monoisotopic (exact) mass is 337 g/mol. The molecule has 2 unspecified atom stereocenters. The smallest absolute Gasteiger partial charge is 0.307 e. The van der Waals surface area contributed by atoms with Gasteiger partial charge in [0.05, 0.1) is 11.8 Å². The molecule has 2 fully saturated rings. The van der Waals surface area contributed by atoms with Crippen molar-refractivity contribution in [1.29, 1.82) is 0 Å². The second-order valence-electron chi connectivity index (χ2n) is 6.38. The summed E-state index contributed by atoms with van der Waals surface area (Å²) in [5.41, 5.74) is 0.774. The first-order valence-corrected chi connectivity index (χ1v) is 8.24. The van der Waals surface area contributed by atoms with Crippen LogP contribution in [0.3, 0.4) is 0 Å². The fourth-order valence-corrected chi connectivity index (χ4v) is 3.68. The van der Waals surface area contributed by atoms with Crippen molar-refractivity contribution < 1.29 is 19.4 Å². The Morgan fingerprint density at radius 2 is 1.96 bits per heavy atom. The molecule has 1 saturated carbocycles. The molecule has 0 radical (unpaired) electrons. The van der Waals surface area contributed by atoms with Gasteiger partial charge in [-0.1, -0.05) is 29.8 Å². The quantitative estimate of drug-likeness (QED) is 0.864. The SMILES string of the molecule is O=C(O)C1CC1C(=O)NCC1(c2ccccc2Cl)CCOCC1. The van der Waals surface area contributed by atoms with Gasteiger partial charge >= 0.3 is 5.97 Å². The molecule has 1 aliphatic heterocycles. The number of halogens is 1. The highest BCUT2D eigenvalue weighted by Crippen LogP contribution is 2.40. The molecule has 23 heavy (non-hydrogen) atoms. The second kappa shape index (κ2) is 6.49. The molecule has 6 heteroatoms. The van der Waals surface area contributed by atoms with E-state index in [0.717, 1.165) is 18.4 Å². The van der Waals surface area contributed by atoms with Gasteiger partial charge in [0.1, 0.15) is 0 Å². The van der Waals surface area contributed by atoms with Crippen molar-refractivity contribution in [3.8, 4) is 0 Å². The summed E-state index contributed by atoms with van der Waals surface area (Å²) in [6.07, 6.45) is 2.00. The van der Waals surface area contributed by atoms with Gasteiger partial charge in [0, 0.05) is 30.2 Å². The van der Waals surface area contributed by atoms with Crippen LogP contribution in [0.25, 0.3) is 0 Å². The number of amides is 1. The van der Waals surface area contributed by atoms with Gasteiger partial charge in [-0.05, 0) is 30.9 Å². The minimum Gasteiger partial charge on any atom is -0.481 e. The van der Waals surface area contributed by atoms with E-state index in [1.807, 2.05) is 24.3 Å². The number of carbonyl (C=O) groups is 2. The third-order valence-corrected chi connectivity index (χ3v) is 5.27. The standard InChI is InChI=1S/C17H20ClNO4/c18-14-4-2-1-3-13(14)17(5-7-23-8-6-17)10-19-15(20)11-9-12(11)16(21)22/h1-4,11-12H,5-10H2,(H,19,20)(H,21,22). The number of benzene rings is 1. The Bertz CT molecular complexity index is 612. The van der Waals surface area contributed by atoms with E-state index in [4.69, 9.17) is 21.4 Å². The van der Waals surface area contributed by atoms with Crippen molar-refractivity contribution in [1.82, 2.24) is 5.32 Å². The highest BCUT2D eigenvalue weighted by atomic mass is 35.5. The number of carboxylic acids is 1. The molecule has 1 aliphatic carbocycles. The molecule has 2 aliphatic rings. The van der Waals surface area contributed by atoms with Crippen LogP contribution in [0.2, 0.25) is 5.02 Å². The Labute approximate surface area is 140 Å². The van der Waals surface area contributed by atoms with E-state index in [1.54, 1.807) is 0 Å². The lowest BCUT2D eigenvalue weighted by atomic mass is 9.74. The van der Waals surface area contributed by atoms with E-state index in [9.17, 15) is 9.59 Å². The van der Waals surface area contributed by atoms with Crippen LogP contribution in [0.1, 0.15) is 24.8 Å². The maximum atomic E-state index is 12.2. The van der Waals surface area contributed by atoms with Crippen LogP contribution >= 0.6 is 11.6 Å². The van der Waals surface area contributed by atoms with Gasteiger partial charge in [0.2, 0.25) is 5.91 Å².